The van der Waals surface area contributed by atoms with Crippen LogP contribution in [0.25, 0.3) is 11.1 Å². The number of benzene rings is 1. The van der Waals surface area contributed by atoms with Crippen LogP contribution in [-0.4, -0.2) is 23.0 Å². The van der Waals surface area contributed by atoms with E-state index in [9.17, 15) is 4.79 Å². The predicted octanol–water partition coefficient (Wildman–Crippen LogP) is 3.24. The van der Waals surface area contributed by atoms with Crippen LogP contribution in [-0.2, 0) is 0 Å². The molecule has 0 bridgehead atoms. The van der Waals surface area contributed by atoms with Gasteiger partial charge in [0.05, 0.1) is 5.56 Å². The van der Waals surface area contributed by atoms with Gasteiger partial charge in [0, 0.05) is 30.0 Å². The first kappa shape index (κ1) is 17.2. The van der Waals surface area contributed by atoms with Crippen molar-refractivity contribution in [1.82, 2.24) is 10.3 Å². The van der Waals surface area contributed by atoms with Gasteiger partial charge in [0.25, 0.3) is 5.91 Å². The Labute approximate surface area is 138 Å². The third-order valence-corrected chi connectivity index (χ3v) is 3.83. The lowest BCUT2D eigenvalue weighted by atomic mass is 9.90. The summed E-state index contributed by atoms with van der Waals surface area (Å²) in [6, 6.07) is 11.8. The highest BCUT2D eigenvalue weighted by Crippen LogP contribution is 2.20. The summed E-state index contributed by atoms with van der Waals surface area (Å²) in [6.07, 6.45) is 4.19. The lowest BCUT2D eigenvalue weighted by Gasteiger charge is -2.31. The molecule has 23 heavy (non-hydrogen) atoms. The number of amides is 1. The van der Waals surface area contributed by atoms with E-state index >= 15 is 0 Å². The zero-order chi connectivity index (χ0) is 16.9. The van der Waals surface area contributed by atoms with Gasteiger partial charge in [0.15, 0.2) is 0 Å². The van der Waals surface area contributed by atoms with Gasteiger partial charge in [-0.1, -0.05) is 44.2 Å². The quantitative estimate of drug-likeness (QED) is 0.860. The minimum Gasteiger partial charge on any atom is -0.346 e. The number of pyridine rings is 1. The van der Waals surface area contributed by atoms with Crippen LogP contribution in [0.1, 0.15) is 37.6 Å². The van der Waals surface area contributed by atoms with Crippen molar-refractivity contribution in [2.45, 2.75) is 32.7 Å². The molecule has 1 heterocycles. The van der Waals surface area contributed by atoms with Crippen molar-refractivity contribution in [2.24, 2.45) is 11.7 Å². The summed E-state index contributed by atoms with van der Waals surface area (Å²) in [7, 11) is 0. The van der Waals surface area contributed by atoms with Crippen molar-refractivity contribution in [1.29, 1.82) is 0 Å². The third kappa shape index (κ3) is 4.63. The maximum Gasteiger partial charge on any atom is 0.253 e. The van der Waals surface area contributed by atoms with E-state index in [1.807, 2.05) is 43.3 Å². The molecule has 2 rings (SSSR count). The third-order valence-electron chi connectivity index (χ3n) is 3.83. The zero-order valence-electron chi connectivity index (χ0n) is 14.0. The predicted molar refractivity (Wildman–Crippen MR) is 94.1 cm³/mol. The van der Waals surface area contributed by atoms with Gasteiger partial charge in [0.2, 0.25) is 0 Å². The Morgan fingerprint density at radius 2 is 1.91 bits per heavy atom. The van der Waals surface area contributed by atoms with E-state index in [-0.39, 0.29) is 5.91 Å². The highest BCUT2D eigenvalue weighted by Gasteiger charge is 2.26. The standard InChI is InChI=1S/C19H25N3O/c1-14(2)10-19(3,13-20)22-18(23)17-9-16(11-21-12-17)15-7-5-4-6-8-15/h4-9,11-12,14H,10,13,20H2,1-3H3,(H,22,23). The van der Waals surface area contributed by atoms with Crippen LogP contribution < -0.4 is 11.1 Å². The molecule has 0 aliphatic heterocycles. The van der Waals surface area contributed by atoms with E-state index in [4.69, 9.17) is 5.73 Å². The number of nitrogens with one attached hydrogen (secondary N) is 1. The molecule has 2 aromatic rings. The Hall–Kier alpha value is -2.20. The van der Waals surface area contributed by atoms with E-state index in [0.29, 0.717) is 18.0 Å². The van der Waals surface area contributed by atoms with Gasteiger partial charge in [-0.25, -0.2) is 0 Å². The second-order valence-corrected chi connectivity index (χ2v) is 6.65. The largest absolute Gasteiger partial charge is 0.346 e. The molecule has 1 aromatic heterocycles. The number of nitrogens with zero attached hydrogens (tertiary/aromatic N) is 1. The number of hydrogen-bond donors (Lipinski definition) is 2. The molecule has 4 nitrogen and oxygen atoms in total. The van der Waals surface area contributed by atoms with Crippen LogP contribution in [0.3, 0.4) is 0 Å². The van der Waals surface area contributed by atoms with Gasteiger partial charge in [-0.3, -0.25) is 9.78 Å². The van der Waals surface area contributed by atoms with Gasteiger partial charge < -0.3 is 11.1 Å². The number of carbonyl (C=O) groups excluding carboxylic acids is 1. The SMILES string of the molecule is CC(C)CC(C)(CN)NC(=O)c1cncc(-c2ccccc2)c1. The van der Waals surface area contributed by atoms with Crippen LogP contribution in [0, 0.1) is 5.92 Å². The van der Waals surface area contributed by atoms with Gasteiger partial charge >= 0.3 is 0 Å². The van der Waals surface area contributed by atoms with Crippen LogP contribution in [0.15, 0.2) is 48.8 Å². The first-order chi connectivity index (χ1) is 10.9. The molecule has 1 aromatic carbocycles. The summed E-state index contributed by atoms with van der Waals surface area (Å²) < 4.78 is 0. The lowest BCUT2D eigenvalue weighted by Crippen LogP contribution is -2.52. The van der Waals surface area contributed by atoms with E-state index in [1.54, 1.807) is 12.4 Å². The maximum atomic E-state index is 12.6. The molecular formula is C19H25N3O. The maximum absolute atomic E-state index is 12.6. The van der Waals surface area contributed by atoms with Gasteiger partial charge in [-0.05, 0) is 30.9 Å². The molecule has 1 unspecified atom stereocenters. The van der Waals surface area contributed by atoms with Crippen LogP contribution in [0.5, 0.6) is 0 Å². The summed E-state index contributed by atoms with van der Waals surface area (Å²) in [5.41, 5.74) is 7.98. The molecular weight excluding hydrogens is 286 g/mol. The molecule has 0 fully saturated rings. The minimum absolute atomic E-state index is 0.135. The average molecular weight is 311 g/mol. The van der Waals surface area contributed by atoms with Crippen molar-refractivity contribution in [3.05, 3.63) is 54.4 Å². The molecule has 4 heteroatoms. The Kier molecular flexibility index (Phi) is 5.50. The topological polar surface area (TPSA) is 68.0 Å². The molecule has 122 valence electrons. The monoisotopic (exact) mass is 311 g/mol. The average Bonchev–Trinajstić information content (AvgIpc) is 2.55. The Morgan fingerprint density at radius 3 is 2.52 bits per heavy atom. The van der Waals surface area contributed by atoms with Crippen LogP contribution in [0.2, 0.25) is 0 Å². The van der Waals surface area contributed by atoms with Gasteiger partial charge in [-0.2, -0.15) is 0 Å². The van der Waals surface area contributed by atoms with Crippen LogP contribution in [0.4, 0.5) is 0 Å². The Bertz CT molecular complexity index is 655. The number of rotatable bonds is 6. The number of nitrogens with two attached hydrogens (primary N) is 1. The number of carbonyl (C=O) groups is 1. The van der Waals surface area contributed by atoms with Crippen molar-refractivity contribution in [3.63, 3.8) is 0 Å². The summed E-state index contributed by atoms with van der Waals surface area (Å²) in [6.45, 7) is 6.64. The number of hydrogen-bond acceptors (Lipinski definition) is 3. The smallest absolute Gasteiger partial charge is 0.253 e. The fourth-order valence-electron chi connectivity index (χ4n) is 2.79. The summed E-state index contributed by atoms with van der Waals surface area (Å²) in [4.78, 5) is 16.8. The van der Waals surface area contributed by atoms with Crippen molar-refractivity contribution in [3.8, 4) is 11.1 Å². The Balaban J connectivity index is 2.20. The van der Waals surface area contributed by atoms with Gasteiger partial charge in [-0.15, -0.1) is 0 Å². The highest BCUT2D eigenvalue weighted by atomic mass is 16.1. The minimum atomic E-state index is -0.409. The zero-order valence-corrected chi connectivity index (χ0v) is 14.0. The molecule has 0 radical (unpaired) electrons. The molecule has 0 saturated heterocycles. The van der Waals surface area contributed by atoms with E-state index < -0.39 is 5.54 Å². The molecule has 3 N–H and O–H groups in total. The fourth-order valence-corrected chi connectivity index (χ4v) is 2.79. The molecule has 1 amide bonds. The fraction of sp³-hybridized carbons (Fsp3) is 0.368. The summed E-state index contributed by atoms with van der Waals surface area (Å²) in [5.74, 6) is 0.321. The highest BCUT2D eigenvalue weighted by molar-refractivity contribution is 5.95. The van der Waals surface area contributed by atoms with Crippen molar-refractivity contribution < 1.29 is 4.79 Å². The second kappa shape index (κ2) is 7.38. The van der Waals surface area contributed by atoms with E-state index in [0.717, 1.165) is 17.5 Å². The van der Waals surface area contributed by atoms with Crippen molar-refractivity contribution >= 4 is 5.91 Å². The van der Waals surface area contributed by atoms with E-state index in [2.05, 4.69) is 24.1 Å². The summed E-state index contributed by atoms with van der Waals surface area (Å²) in [5, 5.41) is 3.07. The normalized spacial score (nSPS) is 13.6. The number of aromatic nitrogens is 1. The van der Waals surface area contributed by atoms with Crippen LogP contribution >= 0.6 is 0 Å². The molecule has 0 spiro atoms. The summed E-state index contributed by atoms with van der Waals surface area (Å²) >= 11 is 0. The second-order valence-electron chi connectivity index (χ2n) is 6.65. The van der Waals surface area contributed by atoms with E-state index in [1.165, 1.54) is 0 Å². The first-order valence-corrected chi connectivity index (χ1v) is 7.96. The Morgan fingerprint density at radius 1 is 1.22 bits per heavy atom. The molecule has 0 aliphatic rings. The first-order valence-electron chi connectivity index (χ1n) is 7.96. The lowest BCUT2D eigenvalue weighted by molar-refractivity contribution is 0.0898. The van der Waals surface area contributed by atoms with Gasteiger partial charge in [0.1, 0.15) is 0 Å². The molecule has 1 atom stereocenters. The van der Waals surface area contributed by atoms with Crippen molar-refractivity contribution in [2.75, 3.05) is 6.54 Å². The molecule has 0 saturated carbocycles. The molecule has 0 aliphatic carbocycles.